The monoisotopic (exact) mass is 305 g/mol. The second-order valence-corrected chi connectivity index (χ2v) is 6.81. The van der Waals surface area contributed by atoms with Gasteiger partial charge in [0.15, 0.2) is 0 Å². The number of nitrogens with zero attached hydrogens (tertiary/aromatic N) is 1. The van der Waals surface area contributed by atoms with E-state index in [9.17, 15) is 4.79 Å². The third kappa shape index (κ3) is 4.99. The highest BCUT2D eigenvalue weighted by Crippen LogP contribution is 2.17. The average molecular weight is 305 g/mol. The lowest BCUT2D eigenvalue weighted by molar-refractivity contribution is 0.541. The Morgan fingerprint density at radius 3 is 2.24 bits per heavy atom. The van der Waals surface area contributed by atoms with Crippen molar-refractivity contribution in [3.05, 3.63) is 33.9 Å². The molecule has 0 aliphatic rings. The number of aryl methyl sites for hydroxylation is 1. The smallest absolute Gasteiger partial charge is 0.299 e. The van der Waals surface area contributed by atoms with Crippen LogP contribution in [0.3, 0.4) is 0 Å². The lowest BCUT2D eigenvalue weighted by Crippen LogP contribution is -2.12. The van der Waals surface area contributed by atoms with Crippen molar-refractivity contribution in [3.63, 3.8) is 0 Å². The molecule has 1 aromatic heterocycles. The molecule has 0 radical (unpaired) electrons. The summed E-state index contributed by atoms with van der Waals surface area (Å²) in [7, 11) is 0. The maximum atomic E-state index is 12.0. The van der Waals surface area contributed by atoms with Crippen LogP contribution in [0.5, 0.6) is 0 Å². The van der Waals surface area contributed by atoms with E-state index in [1.807, 2.05) is 22.8 Å². The second-order valence-electron chi connectivity index (χ2n) is 5.82. The largest absolute Gasteiger partial charge is 0.308 e. The zero-order valence-electron chi connectivity index (χ0n) is 13.1. The van der Waals surface area contributed by atoms with Gasteiger partial charge in [0.1, 0.15) is 0 Å². The van der Waals surface area contributed by atoms with Gasteiger partial charge in [0, 0.05) is 6.54 Å². The molecule has 21 heavy (non-hydrogen) atoms. The zero-order valence-corrected chi connectivity index (χ0v) is 14.0. The minimum Gasteiger partial charge on any atom is -0.299 e. The fourth-order valence-corrected chi connectivity index (χ4v) is 3.72. The van der Waals surface area contributed by atoms with Crippen molar-refractivity contribution in [2.75, 3.05) is 0 Å². The molecule has 0 amide bonds. The Bertz CT molecular complexity index is 584. The molecule has 2 aromatic rings. The van der Waals surface area contributed by atoms with Gasteiger partial charge >= 0.3 is 4.87 Å². The molecule has 0 fully saturated rings. The highest BCUT2D eigenvalue weighted by atomic mass is 32.1. The van der Waals surface area contributed by atoms with Gasteiger partial charge in [0.05, 0.1) is 10.2 Å². The van der Waals surface area contributed by atoms with Crippen molar-refractivity contribution in [2.45, 2.75) is 71.3 Å². The van der Waals surface area contributed by atoms with Gasteiger partial charge in [-0.2, -0.15) is 0 Å². The Balaban J connectivity index is 1.66. The minimum absolute atomic E-state index is 0.191. The molecule has 3 heteroatoms. The zero-order chi connectivity index (χ0) is 14.9. The first-order valence-corrected chi connectivity index (χ1v) is 9.23. The first-order chi connectivity index (χ1) is 10.3. The lowest BCUT2D eigenvalue weighted by Gasteiger charge is -2.04. The molecule has 0 aliphatic carbocycles. The summed E-state index contributed by atoms with van der Waals surface area (Å²) in [6.07, 6.45) is 11.9. The van der Waals surface area contributed by atoms with E-state index in [0.717, 1.165) is 23.2 Å². The molecule has 0 saturated heterocycles. The number of aromatic nitrogens is 1. The number of hydrogen-bond acceptors (Lipinski definition) is 2. The molecule has 0 saturated carbocycles. The van der Waals surface area contributed by atoms with Crippen LogP contribution in [0.2, 0.25) is 0 Å². The van der Waals surface area contributed by atoms with Crippen LogP contribution in [0.4, 0.5) is 0 Å². The van der Waals surface area contributed by atoms with Crippen LogP contribution in [-0.4, -0.2) is 4.57 Å². The summed E-state index contributed by atoms with van der Waals surface area (Å²) in [5.41, 5.74) is 1.10. The highest BCUT2D eigenvalue weighted by molar-refractivity contribution is 7.16. The molecule has 2 rings (SSSR count). The summed E-state index contributed by atoms with van der Waals surface area (Å²) in [6.45, 7) is 3.13. The third-order valence-electron chi connectivity index (χ3n) is 4.06. The molecule has 2 nitrogen and oxygen atoms in total. The molecule has 1 heterocycles. The normalized spacial score (nSPS) is 11.3. The second kappa shape index (κ2) is 9.04. The van der Waals surface area contributed by atoms with Crippen LogP contribution in [0.1, 0.15) is 64.7 Å². The van der Waals surface area contributed by atoms with Crippen LogP contribution in [0.15, 0.2) is 29.1 Å². The molecule has 1 aromatic carbocycles. The summed E-state index contributed by atoms with van der Waals surface area (Å²) in [6, 6.07) is 8.11. The number of benzene rings is 1. The number of thiazole rings is 1. The van der Waals surface area contributed by atoms with Crippen molar-refractivity contribution >= 4 is 21.6 Å². The molecule has 116 valence electrons. The Hall–Kier alpha value is -1.09. The summed E-state index contributed by atoms with van der Waals surface area (Å²) in [5, 5.41) is 0. The van der Waals surface area contributed by atoms with E-state index in [0.29, 0.717) is 0 Å². The van der Waals surface area contributed by atoms with Gasteiger partial charge in [0.25, 0.3) is 0 Å². The number of para-hydroxylation sites is 1. The van der Waals surface area contributed by atoms with Crippen molar-refractivity contribution in [2.24, 2.45) is 0 Å². The number of unbranched alkanes of at least 4 members (excludes halogenated alkanes) is 8. The van der Waals surface area contributed by atoms with Crippen molar-refractivity contribution in [1.82, 2.24) is 4.57 Å². The van der Waals surface area contributed by atoms with Crippen LogP contribution >= 0.6 is 11.3 Å². The van der Waals surface area contributed by atoms with Gasteiger partial charge in [-0.05, 0) is 18.6 Å². The maximum absolute atomic E-state index is 12.0. The number of hydrogen-bond donors (Lipinski definition) is 0. The van der Waals surface area contributed by atoms with Crippen LogP contribution < -0.4 is 4.87 Å². The number of rotatable bonds is 10. The molecular formula is C18H27NOS. The van der Waals surface area contributed by atoms with Gasteiger partial charge in [0.2, 0.25) is 0 Å². The van der Waals surface area contributed by atoms with E-state index >= 15 is 0 Å². The Labute approximate surface area is 131 Å². The molecule has 0 aliphatic heterocycles. The summed E-state index contributed by atoms with van der Waals surface area (Å²) in [5.74, 6) is 0. The van der Waals surface area contributed by atoms with Gasteiger partial charge in [-0.3, -0.25) is 9.36 Å². The quantitative estimate of drug-likeness (QED) is 0.524. The first-order valence-electron chi connectivity index (χ1n) is 8.41. The van der Waals surface area contributed by atoms with Crippen LogP contribution in [0, 0.1) is 0 Å². The molecule has 0 atom stereocenters. The fourth-order valence-electron chi connectivity index (χ4n) is 2.81. The van der Waals surface area contributed by atoms with Crippen molar-refractivity contribution in [1.29, 1.82) is 0 Å². The van der Waals surface area contributed by atoms with Crippen LogP contribution in [-0.2, 0) is 6.54 Å². The molecule has 0 bridgehead atoms. The fraction of sp³-hybridized carbons (Fsp3) is 0.611. The van der Waals surface area contributed by atoms with Gasteiger partial charge in [-0.15, -0.1) is 0 Å². The summed E-state index contributed by atoms with van der Waals surface area (Å²) < 4.78 is 3.06. The Kier molecular flexibility index (Phi) is 7.01. The molecule has 0 N–H and O–H groups in total. The van der Waals surface area contributed by atoms with E-state index in [4.69, 9.17) is 0 Å². The van der Waals surface area contributed by atoms with Gasteiger partial charge < -0.3 is 0 Å². The summed E-state index contributed by atoms with van der Waals surface area (Å²) >= 11 is 1.37. The third-order valence-corrected chi connectivity index (χ3v) is 5.02. The highest BCUT2D eigenvalue weighted by Gasteiger charge is 2.05. The SMILES string of the molecule is CCCCCCCCCCCn1c(=O)sc2ccccc21. The van der Waals surface area contributed by atoms with E-state index in [1.54, 1.807) is 0 Å². The molecule has 0 unspecified atom stereocenters. The lowest BCUT2D eigenvalue weighted by atomic mass is 10.1. The van der Waals surface area contributed by atoms with Gasteiger partial charge in [-0.1, -0.05) is 81.8 Å². The molecule has 0 spiro atoms. The predicted molar refractivity (Wildman–Crippen MR) is 93.3 cm³/mol. The van der Waals surface area contributed by atoms with E-state index in [-0.39, 0.29) is 4.87 Å². The topological polar surface area (TPSA) is 22.0 Å². The average Bonchev–Trinajstić information content (AvgIpc) is 2.81. The van der Waals surface area contributed by atoms with Crippen LogP contribution in [0.25, 0.3) is 10.2 Å². The van der Waals surface area contributed by atoms with E-state index in [2.05, 4.69) is 13.0 Å². The van der Waals surface area contributed by atoms with Crippen molar-refractivity contribution in [3.8, 4) is 0 Å². The van der Waals surface area contributed by atoms with E-state index in [1.165, 1.54) is 62.7 Å². The van der Waals surface area contributed by atoms with Gasteiger partial charge in [-0.25, -0.2) is 0 Å². The Morgan fingerprint density at radius 1 is 0.905 bits per heavy atom. The molecular weight excluding hydrogens is 278 g/mol. The van der Waals surface area contributed by atoms with E-state index < -0.39 is 0 Å². The number of fused-ring (bicyclic) bond motifs is 1. The standard InChI is InChI=1S/C18H27NOS/c1-2-3-4-5-6-7-8-9-12-15-19-16-13-10-11-14-17(16)21-18(19)20/h10-11,13-14H,2-9,12,15H2,1H3. The predicted octanol–water partition coefficient (Wildman–Crippen LogP) is 5.59. The Morgan fingerprint density at radius 2 is 1.52 bits per heavy atom. The minimum atomic E-state index is 0.191. The van der Waals surface area contributed by atoms with Crippen molar-refractivity contribution < 1.29 is 0 Å². The first kappa shape index (κ1) is 16.3. The summed E-state index contributed by atoms with van der Waals surface area (Å²) in [4.78, 5) is 12.2. The maximum Gasteiger partial charge on any atom is 0.308 e.